The van der Waals surface area contributed by atoms with Crippen molar-refractivity contribution in [1.29, 1.82) is 0 Å². The summed E-state index contributed by atoms with van der Waals surface area (Å²) in [5, 5.41) is 2.09. The van der Waals surface area contributed by atoms with Crippen molar-refractivity contribution in [3.8, 4) is 0 Å². The number of hydrogen-bond donors (Lipinski definition) is 0. The fraction of sp³-hybridized carbons (Fsp3) is 0.583. The van der Waals surface area contributed by atoms with Crippen LogP contribution in [0.2, 0.25) is 0 Å². The maximum absolute atomic E-state index is 11.7. The molecule has 1 aromatic heterocycles. The van der Waals surface area contributed by atoms with E-state index in [1.54, 1.807) is 16.2 Å². The Morgan fingerprint density at radius 1 is 1.62 bits per heavy atom. The Morgan fingerprint density at radius 2 is 2.38 bits per heavy atom. The molecule has 0 saturated carbocycles. The molecule has 1 amide bonds. The van der Waals surface area contributed by atoms with Gasteiger partial charge in [-0.05, 0) is 31.2 Å². The zero-order valence-corrected chi connectivity index (χ0v) is 11.4. The highest BCUT2D eigenvalue weighted by Gasteiger charge is 2.10. The first-order valence-electron chi connectivity index (χ1n) is 5.50. The van der Waals surface area contributed by atoms with E-state index in [1.807, 2.05) is 20.0 Å². The maximum atomic E-state index is 11.7. The predicted octanol–water partition coefficient (Wildman–Crippen LogP) is 3.16. The normalized spacial score (nSPS) is 12.4. The summed E-state index contributed by atoms with van der Waals surface area (Å²) in [6, 6.07) is 4.16. The Balaban J connectivity index is 2.19. The Kier molecular flexibility index (Phi) is 5.85. The van der Waals surface area contributed by atoms with Crippen LogP contribution in [0.15, 0.2) is 17.5 Å². The molecule has 2 nitrogen and oxygen atoms in total. The monoisotopic (exact) mass is 259 g/mol. The Labute approximate surface area is 106 Å². The molecule has 1 atom stereocenters. The summed E-state index contributed by atoms with van der Waals surface area (Å²) in [5.74, 6) is 0.184. The van der Waals surface area contributed by atoms with Crippen LogP contribution in [0.1, 0.15) is 24.6 Å². The molecule has 1 unspecified atom stereocenters. The molecule has 4 heteroatoms. The van der Waals surface area contributed by atoms with E-state index < -0.39 is 0 Å². The first-order chi connectivity index (χ1) is 7.59. The number of carbonyl (C=O) groups excluding carboxylic acids is 1. The minimum absolute atomic E-state index is 0.0197. The van der Waals surface area contributed by atoms with Gasteiger partial charge in [0.15, 0.2) is 0 Å². The molecule has 0 bridgehead atoms. The summed E-state index contributed by atoms with van der Waals surface area (Å²) in [4.78, 5) is 14.7. The molecule has 0 saturated heterocycles. The number of amides is 1. The van der Waals surface area contributed by atoms with Gasteiger partial charge in [0, 0.05) is 30.3 Å². The molecule has 16 heavy (non-hydrogen) atoms. The number of aryl methyl sites for hydroxylation is 1. The molecule has 0 aliphatic carbocycles. The minimum Gasteiger partial charge on any atom is -0.344 e. The standard InChI is InChI=1S/C12H18ClNOS/c1-10(13)9-14(2)12(15)7-3-5-11-6-4-8-16-11/h4,6,8,10H,3,5,7,9H2,1-2H3. The van der Waals surface area contributed by atoms with Gasteiger partial charge in [-0.2, -0.15) is 0 Å². The predicted molar refractivity (Wildman–Crippen MR) is 70.2 cm³/mol. The number of rotatable bonds is 6. The topological polar surface area (TPSA) is 20.3 Å². The summed E-state index contributed by atoms with van der Waals surface area (Å²) >= 11 is 7.59. The highest BCUT2D eigenvalue weighted by atomic mass is 35.5. The second kappa shape index (κ2) is 6.92. The van der Waals surface area contributed by atoms with Gasteiger partial charge in [-0.15, -0.1) is 22.9 Å². The maximum Gasteiger partial charge on any atom is 0.222 e. The lowest BCUT2D eigenvalue weighted by molar-refractivity contribution is -0.129. The quantitative estimate of drug-likeness (QED) is 0.719. The highest BCUT2D eigenvalue weighted by molar-refractivity contribution is 7.09. The summed E-state index contributed by atoms with van der Waals surface area (Å²) in [6.45, 7) is 2.52. The smallest absolute Gasteiger partial charge is 0.222 e. The van der Waals surface area contributed by atoms with Crippen LogP contribution in [-0.2, 0) is 11.2 Å². The van der Waals surface area contributed by atoms with Crippen LogP contribution in [0.25, 0.3) is 0 Å². The van der Waals surface area contributed by atoms with Crippen molar-refractivity contribution in [2.45, 2.75) is 31.6 Å². The summed E-state index contributed by atoms with van der Waals surface area (Å²) in [5.41, 5.74) is 0. The molecule has 0 aliphatic rings. The van der Waals surface area contributed by atoms with Gasteiger partial charge in [-0.25, -0.2) is 0 Å². The Bertz CT molecular complexity index is 311. The number of thiophene rings is 1. The van der Waals surface area contributed by atoms with E-state index in [0.29, 0.717) is 13.0 Å². The third kappa shape index (κ3) is 4.99. The van der Waals surface area contributed by atoms with E-state index in [2.05, 4.69) is 11.4 Å². The van der Waals surface area contributed by atoms with Gasteiger partial charge in [-0.1, -0.05) is 6.07 Å². The lowest BCUT2D eigenvalue weighted by atomic mass is 10.2. The van der Waals surface area contributed by atoms with E-state index in [4.69, 9.17) is 11.6 Å². The van der Waals surface area contributed by atoms with E-state index >= 15 is 0 Å². The van der Waals surface area contributed by atoms with Gasteiger partial charge in [0.1, 0.15) is 0 Å². The molecule has 0 spiro atoms. The van der Waals surface area contributed by atoms with Crippen LogP contribution in [0.5, 0.6) is 0 Å². The van der Waals surface area contributed by atoms with Crippen molar-refractivity contribution in [3.63, 3.8) is 0 Å². The molecule has 90 valence electrons. The molecule has 0 fully saturated rings. The third-order valence-corrected chi connectivity index (χ3v) is 3.42. The molecule has 1 heterocycles. The van der Waals surface area contributed by atoms with Crippen molar-refractivity contribution >= 4 is 28.8 Å². The van der Waals surface area contributed by atoms with E-state index in [-0.39, 0.29) is 11.3 Å². The summed E-state index contributed by atoms with van der Waals surface area (Å²) in [6.07, 6.45) is 2.52. The van der Waals surface area contributed by atoms with Crippen LogP contribution in [-0.4, -0.2) is 29.8 Å². The molecule has 1 aromatic rings. The van der Waals surface area contributed by atoms with Crippen molar-refractivity contribution in [2.75, 3.05) is 13.6 Å². The van der Waals surface area contributed by atoms with Gasteiger partial charge < -0.3 is 4.90 Å². The van der Waals surface area contributed by atoms with Crippen LogP contribution < -0.4 is 0 Å². The van der Waals surface area contributed by atoms with Gasteiger partial charge in [-0.3, -0.25) is 4.79 Å². The highest BCUT2D eigenvalue weighted by Crippen LogP contribution is 2.12. The first-order valence-corrected chi connectivity index (χ1v) is 6.81. The number of alkyl halides is 1. The summed E-state index contributed by atoms with van der Waals surface area (Å²) < 4.78 is 0. The van der Waals surface area contributed by atoms with Gasteiger partial charge >= 0.3 is 0 Å². The zero-order valence-electron chi connectivity index (χ0n) is 9.78. The van der Waals surface area contributed by atoms with E-state index in [0.717, 1.165) is 12.8 Å². The number of hydrogen-bond acceptors (Lipinski definition) is 2. The van der Waals surface area contributed by atoms with Crippen molar-refractivity contribution < 1.29 is 4.79 Å². The summed E-state index contributed by atoms with van der Waals surface area (Å²) in [7, 11) is 1.81. The second-order valence-corrected chi connectivity index (χ2v) is 5.77. The third-order valence-electron chi connectivity index (χ3n) is 2.35. The molecule has 0 N–H and O–H groups in total. The molecule has 1 rings (SSSR count). The van der Waals surface area contributed by atoms with Crippen LogP contribution >= 0.6 is 22.9 Å². The van der Waals surface area contributed by atoms with Crippen LogP contribution in [0, 0.1) is 0 Å². The molecular formula is C12H18ClNOS. The van der Waals surface area contributed by atoms with Crippen molar-refractivity contribution in [1.82, 2.24) is 4.90 Å². The Morgan fingerprint density at radius 3 is 2.94 bits per heavy atom. The zero-order chi connectivity index (χ0) is 12.0. The average molecular weight is 260 g/mol. The van der Waals surface area contributed by atoms with Crippen molar-refractivity contribution in [2.24, 2.45) is 0 Å². The largest absolute Gasteiger partial charge is 0.344 e. The fourth-order valence-corrected chi connectivity index (χ4v) is 2.50. The number of carbonyl (C=O) groups is 1. The molecule has 0 aromatic carbocycles. The molecular weight excluding hydrogens is 242 g/mol. The lowest BCUT2D eigenvalue weighted by Crippen LogP contribution is -2.31. The Hall–Kier alpha value is -0.540. The fourth-order valence-electron chi connectivity index (χ4n) is 1.54. The van der Waals surface area contributed by atoms with Crippen LogP contribution in [0.4, 0.5) is 0 Å². The van der Waals surface area contributed by atoms with Gasteiger partial charge in [0.25, 0.3) is 0 Å². The molecule has 0 aliphatic heterocycles. The van der Waals surface area contributed by atoms with Gasteiger partial charge in [0.2, 0.25) is 5.91 Å². The van der Waals surface area contributed by atoms with E-state index in [1.165, 1.54) is 4.88 Å². The second-order valence-electron chi connectivity index (χ2n) is 3.99. The van der Waals surface area contributed by atoms with E-state index in [9.17, 15) is 4.79 Å². The first kappa shape index (κ1) is 13.5. The molecule has 0 radical (unpaired) electrons. The average Bonchev–Trinajstić information content (AvgIpc) is 2.69. The number of halogens is 1. The van der Waals surface area contributed by atoms with Crippen molar-refractivity contribution in [3.05, 3.63) is 22.4 Å². The number of nitrogens with zero attached hydrogens (tertiary/aromatic N) is 1. The SMILES string of the molecule is CC(Cl)CN(C)C(=O)CCCc1cccs1. The minimum atomic E-state index is 0.0197. The lowest BCUT2D eigenvalue weighted by Gasteiger charge is -2.18. The van der Waals surface area contributed by atoms with Gasteiger partial charge in [0.05, 0.1) is 0 Å². The van der Waals surface area contributed by atoms with Crippen LogP contribution in [0.3, 0.4) is 0 Å².